The van der Waals surface area contributed by atoms with Gasteiger partial charge in [-0.15, -0.1) is 0 Å². The highest BCUT2D eigenvalue weighted by molar-refractivity contribution is 7.92. The lowest BCUT2D eigenvalue weighted by molar-refractivity contribution is -0.131. The van der Waals surface area contributed by atoms with Crippen LogP contribution in [-0.4, -0.2) is 63.9 Å². The van der Waals surface area contributed by atoms with Crippen LogP contribution in [0.15, 0.2) is 53.4 Å². The molecular weight excluding hydrogens is 398 g/mol. The van der Waals surface area contributed by atoms with E-state index in [0.717, 1.165) is 18.7 Å². The van der Waals surface area contributed by atoms with E-state index in [1.165, 1.54) is 16.4 Å². The van der Waals surface area contributed by atoms with E-state index in [1.807, 2.05) is 7.05 Å². The van der Waals surface area contributed by atoms with Gasteiger partial charge in [0.1, 0.15) is 6.54 Å². The van der Waals surface area contributed by atoms with E-state index in [2.05, 4.69) is 4.90 Å². The first kappa shape index (κ1) is 20.6. The molecular formula is C20H24ClN3O3S. The van der Waals surface area contributed by atoms with Crippen molar-refractivity contribution in [3.63, 3.8) is 0 Å². The van der Waals surface area contributed by atoms with Crippen molar-refractivity contribution in [2.75, 3.05) is 44.1 Å². The zero-order valence-electron chi connectivity index (χ0n) is 16.0. The number of halogens is 1. The zero-order chi connectivity index (χ0) is 20.3. The number of hydrogen-bond donors (Lipinski definition) is 0. The van der Waals surface area contributed by atoms with Gasteiger partial charge in [0.05, 0.1) is 10.6 Å². The highest BCUT2D eigenvalue weighted by Gasteiger charge is 2.30. The van der Waals surface area contributed by atoms with Gasteiger partial charge in [0.15, 0.2) is 0 Å². The lowest BCUT2D eigenvalue weighted by Crippen LogP contribution is -2.51. The van der Waals surface area contributed by atoms with Crippen LogP contribution in [0, 0.1) is 6.92 Å². The van der Waals surface area contributed by atoms with Gasteiger partial charge in [-0.3, -0.25) is 9.10 Å². The molecule has 28 heavy (non-hydrogen) atoms. The van der Waals surface area contributed by atoms with Crippen molar-refractivity contribution in [1.82, 2.24) is 9.80 Å². The molecule has 0 unspecified atom stereocenters. The number of piperazine rings is 1. The first-order valence-corrected chi connectivity index (χ1v) is 10.9. The summed E-state index contributed by atoms with van der Waals surface area (Å²) in [6.07, 6.45) is 0. The average Bonchev–Trinajstić information content (AvgIpc) is 2.69. The number of carbonyl (C=O) groups excluding carboxylic acids is 1. The third-order valence-electron chi connectivity index (χ3n) is 4.91. The van der Waals surface area contributed by atoms with Crippen LogP contribution in [0.5, 0.6) is 0 Å². The lowest BCUT2D eigenvalue weighted by atomic mass is 10.2. The Labute approximate surface area is 171 Å². The van der Waals surface area contributed by atoms with Crippen LogP contribution in [-0.2, 0) is 14.8 Å². The van der Waals surface area contributed by atoms with Crippen LogP contribution < -0.4 is 4.31 Å². The molecule has 1 heterocycles. The fourth-order valence-corrected chi connectivity index (χ4v) is 4.81. The van der Waals surface area contributed by atoms with Gasteiger partial charge in [-0.25, -0.2) is 8.42 Å². The Bertz CT molecular complexity index is 942. The number of nitrogens with zero attached hydrogens (tertiary/aromatic N) is 3. The van der Waals surface area contributed by atoms with Gasteiger partial charge in [0.2, 0.25) is 5.91 Å². The van der Waals surface area contributed by atoms with Crippen LogP contribution in [0.2, 0.25) is 5.02 Å². The standard InChI is InChI=1S/C20H24ClN3O3S/c1-16-8-9-17(21)14-19(16)24(28(26,27)18-6-4-3-5-7-18)15-20(25)23-12-10-22(2)11-13-23/h3-9,14H,10-13,15H2,1-2H3. The Morgan fingerprint density at radius 3 is 2.36 bits per heavy atom. The number of likely N-dealkylation sites (N-methyl/N-ethyl adjacent to an activating group) is 1. The monoisotopic (exact) mass is 421 g/mol. The maximum Gasteiger partial charge on any atom is 0.264 e. The quantitative estimate of drug-likeness (QED) is 0.744. The highest BCUT2D eigenvalue weighted by atomic mass is 35.5. The van der Waals surface area contributed by atoms with Crippen LogP contribution in [0.1, 0.15) is 5.56 Å². The summed E-state index contributed by atoms with van der Waals surface area (Å²) < 4.78 is 27.9. The predicted molar refractivity (Wildman–Crippen MR) is 111 cm³/mol. The number of sulfonamides is 1. The molecule has 0 N–H and O–H groups in total. The average molecular weight is 422 g/mol. The second kappa shape index (κ2) is 8.51. The third kappa shape index (κ3) is 4.48. The summed E-state index contributed by atoms with van der Waals surface area (Å²) in [4.78, 5) is 16.9. The van der Waals surface area contributed by atoms with Crippen LogP contribution in [0.3, 0.4) is 0 Å². The molecule has 0 radical (unpaired) electrons. The van der Waals surface area contributed by atoms with Gasteiger partial charge < -0.3 is 9.80 Å². The number of aryl methyl sites for hydroxylation is 1. The van der Waals surface area contributed by atoms with Crippen molar-refractivity contribution < 1.29 is 13.2 Å². The van der Waals surface area contributed by atoms with Crippen molar-refractivity contribution in [3.05, 3.63) is 59.1 Å². The van der Waals surface area contributed by atoms with E-state index in [4.69, 9.17) is 11.6 Å². The van der Waals surface area contributed by atoms with Crippen LogP contribution in [0.4, 0.5) is 5.69 Å². The minimum atomic E-state index is -3.92. The minimum absolute atomic E-state index is 0.139. The summed E-state index contributed by atoms with van der Waals surface area (Å²) in [5.74, 6) is -0.216. The van der Waals surface area contributed by atoms with Gasteiger partial charge in [0, 0.05) is 31.2 Å². The van der Waals surface area contributed by atoms with Gasteiger partial charge in [-0.1, -0.05) is 35.9 Å². The molecule has 1 fully saturated rings. The van der Waals surface area contributed by atoms with Crippen molar-refractivity contribution in [3.8, 4) is 0 Å². The molecule has 150 valence electrons. The van der Waals surface area contributed by atoms with Gasteiger partial charge in [-0.05, 0) is 43.8 Å². The summed E-state index contributed by atoms with van der Waals surface area (Å²) in [6.45, 7) is 4.26. The fourth-order valence-electron chi connectivity index (χ4n) is 3.15. The van der Waals surface area contributed by atoms with Crippen molar-refractivity contribution in [2.45, 2.75) is 11.8 Å². The smallest absolute Gasteiger partial charge is 0.264 e. The molecule has 8 heteroatoms. The number of benzene rings is 2. The van der Waals surface area contributed by atoms with E-state index in [1.54, 1.807) is 48.2 Å². The number of carbonyl (C=O) groups is 1. The van der Waals surface area contributed by atoms with Crippen LogP contribution in [0.25, 0.3) is 0 Å². The largest absolute Gasteiger partial charge is 0.339 e. The normalized spacial score (nSPS) is 15.5. The van der Waals surface area contributed by atoms with Crippen molar-refractivity contribution >= 4 is 33.2 Å². The molecule has 0 spiro atoms. The molecule has 1 amide bonds. The maximum atomic E-state index is 13.4. The summed E-state index contributed by atoms with van der Waals surface area (Å²) in [6, 6.07) is 13.2. The molecule has 0 aromatic heterocycles. The molecule has 2 aromatic rings. The SMILES string of the molecule is Cc1ccc(Cl)cc1N(CC(=O)N1CCN(C)CC1)S(=O)(=O)c1ccccc1. The Morgan fingerprint density at radius 2 is 1.71 bits per heavy atom. The summed E-state index contributed by atoms with van der Waals surface area (Å²) in [5.41, 5.74) is 1.15. The maximum absolute atomic E-state index is 13.4. The third-order valence-corrected chi connectivity index (χ3v) is 6.91. The number of hydrogen-bond acceptors (Lipinski definition) is 4. The van der Waals surface area contributed by atoms with Gasteiger partial charge >= 0.3 is 0 Å². The Morgan fingerprint density at radius 1 is 1.07 bits per heavy atom. The molecule has 1 aliphatic rings. The Balaban J connectivity index is 1.98. The minimum Gasteiger partial charge on any atom is -0.339 e. The first-order chi connectivity index (χ1) is 13.3. The molecule has 3 rings (SSSR count). The van der Waals surface area contributed by atoms with Gasteiger partial charge in [0.25, 0.3) is 10.0 Å². The number of anilines is 1. The lowest BCUT2D eigenvalue weighted by Gasteiger charge is -2.34. The predicted octanol–water partition coefficient (Wildman–Crippen LogP) is 2.62. The Hall–Kier alpha value is -2.09. The molecule has 6 nitrogen and oxygen atoms in total. The van der Waals surface area contributed by atoms with Crippen molar-refractivity contribution in [2.24, 2.45) is 0 Å². The molecule has 1 saturated heterocycles. The first-order valence-electron chi connectivity index (χ1n) is 9.09. The van der Waals surface area contributed by atoms with E-state index in [0.29, 0.717) is 23.8 Å². The van der Waals surface area contributed by atoms with E-state index in [9.17, 15) is 13.2 Å². The van der Waals surface area contributed by atoms with Gasteiger partial charge in [-0.2, -0.15) is 0 Å². The number of amides is 1. The molecule has 0 saturated carbocycles. The fraction of sp³-hybridized carbons (Fsp3) is 0.350. The topological polar surface area (TPSA) is 60.9 Å². The van der Waals surface area contributed by atoms with E-state index < -0.39 is 10.0 Å². The van der Waals surface area contributed by atoms with E-state index in [-0.39, 0.29) is 17.3 Å². The molecule has 1 aliphatic heterocycles. The molecule has 0 atom stereocenters. The number of rotatable bonds is 5. The summed E-state index contributed by atoms with van der Waals surface area (Å²) in [5, 5.41) is 0.418. The summed E-state index contributed by atoms with van der Waals surface area (Å²) in [7, 11) is -1.92. The summed E-state index contributed by atoms with van der Waals surface area (Å²) >= 11 is 6.14. The van der Waals surface area contributed by atoms with Crippen LogP contribution >= 0.6 is 11.6 Å². The van der Waals surface area contributed by atoms with Crippen molar-refractivity contribution in [1.29, 1.82) is 0 Å². The molecule has 2 aromatic carbocycles. The Kier molecular flexibility index (Phi) is 6.27. The molecule has 0 aliphatic carbocycles. The van der Waals surface area contributed by atoms with E-state index >= 15 is 0 Å². The second-order valence-corrected chi connectivity index (χ2v) is 9.24. The second-order valence-electron chi connectivity index (χ2n) is 6.94. The highest BCUT2D eigenvalue weighted by Crippen LogP contribution is 2.29. The molecule has 0 bridgehead atoms. The zero-order valence-corrected chi connectivity index (χ0v) is 17.6.